The zero-order valence-electron chi connectivity index (χ0n) is 9.54. The third-order valence-electron chi connectivity index (χ3n) is 2.35. The molecule has 5 heteroatoms. The number of aromatic carboxylic acids is 1. The standard InChI is InChI=1S/C12H12N2O2S/c1-8-3-4-9(11(15)16)10(7-8)17-12-13-5-6-14(12)2/h3-7H,1-2H3,(H,15,16). The van der Waals surface area contributed by atoms with E-state index in [1.165, 1.54) is 11.8 Å². The van der Waals surface area contributed by atoms with Crippen LogP contribution < -0.4 is 0 Å². The molecule has 0 fully saturated rings. The first-order valence-corrected chi connectivity index (χ1v) is 5.88. The van der Waals surface area contributed by atoms with Gasteiger partial charge in [-0.15, -0.1) is 0 Å². The normalized spacial score (nSPS) is 10.5. The van der Waals surface area contributed by atoms with E-state index >= 15 is 0 Å². The van der Waals surface area contributed by atoms with E-state index in [2.05, 4.69) is 4.98 Å². The number of rotatable bonds is 3. The molecular formula is C12H12N2O2S. The van der Waals surface area contributed by atoms with Gasteiger partial charge in [0.15, 0.2) is 5.16 Å². The number of nitrogens with zero attached hydrogens (tertiary/aromatic N) is 2. The molecule has 88 valence electrons. The van der Waals surface area contributed by atoms with Crippen molar-refractivity contribution in [2.75, 3.05) is 0 Å². The Morgan fingerprint density at radius 3 is 2.82 bits per heavy atom. The van der Waals surface area contributed by atoms with Gasteiger partial charge in [0.05, 0.1) is 5.56 Å². The van der Waals surface area contributed by atoms with Gasteiger partial charge in [-0.2, -0.15) is 0 Å². The largest absolute Gasteiger partial charge is 0.478 e. The molecule has 0 aliphatic carbocycles. The quantitative estimate of drug-likeness (QED) is 0.907. The summed E-state index contributed by atoms with van der Waals surface area (Å²) in [5.74, 6) is -0.915. The summed E-state index contributed by atoms with van der Waals surface area (Å²) in [6.45, 7) is 1.94. The number of benzene rings is 1. The fourth-order valence-corrected chi connectivity index (χ4v) is 2.46. The molecule has 0 aliphatic heterocycles. The highest BCUT2D eigenvalue weighted by Crippen LogP contribution is 2.29. The molecule has 1 heterocycles. The minimum Gasteiger partial charge on any atom is -0.478 e. The number of aryl methyl sites for hydroxylation is 2. The van der Waals surface area contributed by atoms with Crippen molar-refractivity contribution in [1.29, 1.82) is 0 Å². The first kappa shape index (κ1) is 11.7. The molecule has 0 saturated carbocycles. The Morgan fingerprint density at radius 1 is 1.47 bits per heavy atom. The van der Waals surface area contributed by atoms with Gasteiger partial charge in [-0.05, 0) is 24.6 Å². The number of carboxylic acids is 1. The van der Waals surface area contributed by atoms with Crippen molar-refractivity contribution in [3.63, 3.8) is 0 Å². The summed E-state index contributed by atoms with van der Waals surface area (Å²) in [5, 5.41) is 9.89. The van der Waals surface area contributed by atoms with Crippen LogP contribution in [0.2, 0.25) is 0 Å². The van der Waals surface area contributed by atoms with Gasteiger partial charge in [-0.25, -0.2) is 9.78 Å². The van der Waals surface area contributed by atoms with E-state index in [-0.39, 0.29) is 0 Å². The molecule has 0 saturated heterocycles. The predicted octanol–water partition coefficient (Wildman–Crippen LogP) is 2.58. The van der Waals surface area contributed by atoms with Gasteiger partial charge in [0, 0.05) is 24.3 Å². The maximum atomic E-state index is 11.1. The van der Waals surface area contributed by atoms with E-state index in [1.54, 1.807) is 18.3 Å². The number of hydrogen-bond donors (Lipinski definition) is 1. The van der Waals surface area contributed by atoms with Gasteiger partial charge in [0.25, 0.3) is 0 Å². The van der Waals surface area contributed by atoms with E-state index in [9.17, 15) is 4.79 Å². The zero-order valence-corrected chi connectivity index (χ0v) is 10.4. The Hall–Kier alpha value is -1.75. The Balaban J connectivity index is 2.41. The van der Waals surface area contributed by atoms with E-state index in [1.807, 2.05) is 30.8 Å². The fourth-order valence-electron chi connectivity index (χ4n) is 1.44. The molecule has 4 nitrogen and oxygen atoms in total. The molecule has 1 N–H and O–H groups in total. The fraction of sp³-hybridized carbons (Fsp3) is 0.167. The van der Waals surface area contributed by atoms with Crippen LogP contribution in [-0.2, 0) is 7.05 Å². The Bertz CT molecular complexity index is 563. The molecule has 1 aromatic heterocycles. The van der Waals surface area contributed by atoms with Gasteiger partial charge >= 0.3 is 5.97 Å². The van der Waals surface area contributed by atoms with E-state index < -0.39 is 5.97 Å². The molecule has 0 bridgehead atoms. The van der Waals surface area contributed by atoms with Crippen molar-refractivity contribution in [2.45, 2.75) is 17.0 Å². The molecule has 2 aromatic rings. The summed E-state index contributed by atoms with van der Waals surface area (Å²) in [4.78, 5) is 16.0. The van der Waals surface area contributed by atoms with Gasteiger partial charge in [0.1, 0.15) is 0 Å². The lowest BCUT2D eigenvalue weighted by Gasteiger charge is -2.06. The second-order valence-corrected chi connectivity index (χ2v) is 4.74. The second-order valence-electron chi connectivity index (χ2n) is 3.73. The Kier molecular flexibility index (Phi) is 3.19. The van der Waals surface area contributed by atoms with Crippen molar-refractivity contribution in [3.05, 3.63) is 41.7 Å². The summed E-state index contributed by atoms with van der Waals surface area (Å²) < 4.78 is 1.86. The predicted molar refractivity (Wildman–Crippen MR) is 65.5 cm³/mol. The van der Waals surface area contributed by atoms with Crippen LogP contribution in [0.15, 0.2) is 40.6 Å². The average Bonchev–Trinajstić information content (AvgIpc) is 2.64. The highest BCUT2D eigenvalue weighted by atomic mass is 32.2. The number of imidazole rings is 1. The summed E-state index contributed by atoms with van der Waals surface area (Å²) in [6.07, 6.45) is 3.52. The molecule has 2 rings (SSSR count). The SMILES string of the molecule is Cc1ccc(C(=O)O)c(Sc2nccn2C)c1. The van der Waals surface area contributed by atoms with Crippen molar-refractivity contribution in [2.24, 2.45) is 7.05 Å². The van der Waals surface area contributed by atoms with Crippen LogP contribution in [-0.4, -0.2) is 20.6 Å². The highest BCUT2D eigenvalue weighted by Gasteiger charge is 2.12. The van der Waals surface area contributed by atoms with Gasteiger partial charge in [-0.1, -0.05) is 17.8 Å². The Morgan fingerprint density at radius 2 is 2.24 bits per heavy atom. The van der Waals surface area contributed by atoms with E-state index in [0.29, 0.717) is 10.5 Å². The van der Waals surface area contributed by atoms with Crippen LogP contribution in [0.1, 0.15) is 15.9 Å². The van der Waals surface area contributed by atoms with Crippen LogP contribution in [0.25, 0.3) is 0 Å². The summed E-state index contributed by atoms with van der Waals surface area (Å²) in [6, 6.07) is 5.29. The van der Waals surface area contributed by atoms with Crippen LogP contribution >= 0.6 is 11.8 Å². The number of aromatic nitrogens is 2. The first-order valence-electron chi connectivity index (χ1n) is 5.07. The van der Waals surface area contributed by atoms with Crippen molar-refractivity contribution < 1.29 is 9.90 Å². The third kappa shape index (κ3) is 2.50. The Labute approximate surface area is 103 Å². The molecule has 0 radical (unpaired) electrons. The number of carbonyl (C=O) groups is 1. The van der Waals surface area contributed by atoms with Gasteiger partial charge in [-0.3, -0.25) is 0 Å². The zero-order chi connectivity index (χ0) is 12.4. The highest BCUT2D eigenvalue weighted by molar-refractivity contribution is 7.99. The van der Waals surface area contributed by atoms with Gasteiger partial charge < -0.3 is 9.67 Å². The van der Waals surface area contributed by atoms with Crippen molar-refractivity contribution in [1.82, 2.24) is 9.55 Å². The maximum Gasteiger partial charge on any atom is 0.336 e. The first-order chi connectivity index (χ1) is 8.08. The monoisotopic (exact) mass is 248 g/mol. The second kappa shape index (κ2) is 4.63. The van der Waals surface area contributed by atoms with Crippen LogP contribution in [0.5, 0.6) is 0 Å². The maximum absolute atomic E-state index is 11.1. The lowest BCUT2D eigenvalue weighted by Crippen LogP contribution is -2.00. The molecule has 0 aliphatic rings. The lowest BCUT2D eigenvalue weighted by atomic mass is 10.1. The number of carboxylic acid groups (broad SMARTS) is 1. The van der Waals surface area contributed by atoms with Crippen LogP contribution in [0.3, 0.4) is 0 Å². The number of hydrogen-bond acceptors (Lipinski definition) is 3. The molecule has 0 atom stereocenters. The summed E-state index contributed by atoms with van der Waals surface area (Å²) in [5.41, 5.74) is 1.34. The van der Waals surface area contributed by atoms with Crippen molar-refractivity contribution in [3.8, 4) is 0 Å². The molecule has 1 aromatic carbocycles. The molecule has 0 unspecified atom stereocenters. The van der Waals surface area contributed by atoms with E-state index in [0.717, 1.165) is 10.7 Å². The summed E-state index contributed by atoms with van der Waals surface area (Å²) >= 11 is 1.36. The van der Waals surface area contributed by atoms with Crippen LogP contribution in [0, 0.1) is 6.92 Å². The van der Waals surface area contributed by atoms with E-state index in [4.69, 9.17) is 5.11 Å². The third-order valence-corrected chi connectivity index (χ3v) is 3.48. The molecule has 0 spiro atoms. The van der Waals surface area contributed by atoms with Crippen LogP contribution in [0.4, 0.5) is 0 Å². The summed E-state index contributed by atoms with van der Waals surface area (Å²) in [7, 11) is 1.88. The lowest BCUT2D eigenvalue weighted by molar-refractivity contribution is 0.0693. The topological polar surface area (TPSA) is 55.1 Å². The smallest absolute Gasteiger partial charge is 0.336 e. The molecule has 0 amide bonds. The minimum absolute atomic E-state index is 0.309. The minimum atomic E-state index is -0.915. The average molecular weight is 248 g/mol. The molecular weight excluding hydrogens is 236 g/mol. The molecule has 17 heavy (non-hydrogen) atoms. The van der Waals surface area contributed by atoms with Crippen molar-refractivity contribution >= 4 is 17.7 Å². The van der Waals surface area contributed by atoms with Gasteiger partial charge in [0.2, 0.25) is 0 Å².